The second-order valence-electron chi connectivity index (χ2n) is 4.05. The summed E-state index contributed by atoms with van der Waals surface area (Å²) in [6, 6.07) is 9.15. The van der Waals surface area contributed by atoms with Crippen molar-refractivity contribution in [3.05, 3.63) is 57.2 Å². The Kier molecular flexibility index (Phi) is 4.55. The molecule has 20 heavy (non-hydrogen) atoms. The van der Waals surface area contributed by atoms with Gasteiger partial charge in [0.2, 0.25) is 0 Å². The molecule has 0 radical (unpaired) electrons. The Morgan fingerprint density at radius 2 is 1.95 bits per heavy atom. The highest BCUT2D eigenvalue weighted by Crippen LogP contribution is 2.32. The van der Waals surface area contributed by atoms with Gasteiger partial charge in [-0.05, 0) is 29.8 Å². The number of benzene rings is 1. The van der Waals surface area contributed by atoms with Crippen LogP contribution in [0.3, 0.4) is 0 Å². The summed E-state index contributed by atoms with van der Waals surface area (Å²) in [6.45, 7) is 0.351. The molecule has 0 unspecified atom stereocenters. The standard InChI is InChI=1S/C13H9BrClF3N2/c14-10-3-1-2-8(4-10)7-19-12-6-9(13(16,17)18)5-11(15)20-12/h1-6H,7H2,(H,19,20). The van der Waals surface area contributed by atoms with Gasteiger partial charge in [-0.25, -0.2) is 4.98 Å². The molecule has 0 aliphatic heterocycles. The quantitative estimate of drug-likeness (QED) is 0.763. The Hall–Kier alpha value is -1.27. The predicted octanol–water partition coefficient (Wildman–Crippen LogP) is 5.13. The van der Waals surface area contributed by atoms with Gasteiger partial charge in [0.1, 0.15) is 11.0 Å². The van der Waals surface area contributed by atoms with Crippen molar-refractivity contribution in [3.63, 3.8) is 0 Å². The van der Waals surface area contributed by atoms with Crippen LogP contribution in [0.4, 0.5) is 19.0 Å². The zero-order valence-corrected chi connectivity index (χ0v) is 12.4. The summed E-state index contributed by atoms with van der Waals surface area (Å²) in [4.78, 5) is 3.83. The highest BCUT2D eigenvalue weighted by molar-refractivity contribution is 9.10. The molecular formula is C13H9BrClF3N2. The van der Waals surface area contributed by atoms with E-state index < -0.39 is 11.7 Å². The molecule has 0 bridgehead atoms. The van der Waals surface area contributed by atoms with E-state index in [1.165, 1.54) is 0 Å². The van der Waals surface area contributed by atoms with Gasteiger partial charge in [0.05, 0.1) is 5.56 Å². The van der Waals surface area contributed by atoms with Gasteiger partial charge in [0, 0.05) is 11.0 Å². The number of alkyl halides is 3. The van der Waals surface area contributed by atoms with Gasteiger partial charge >= 0.3 is 6.18 Å². The molecule has 1 heterocycles. The van der Waals surface area contributed by atoms with E-state index in [0.29, 0.717) is 6.54 Å². The molecule has 0 aliphatic rings. The maximum atomic E-state index is 12.6. The van der Waals surface area contributed by atoms with Crippen molar-refractivity contribution in [1.29, 1.82) is 0 Å². The number of hydrogen-bond acceptors (Lipinski definition) is 2. The molecule has 0 spiro atoms. The van der Waals surface area contributed by atoms with Crippen molar-refractivity contribution in [2.24, 2.45) is 0 Å². The third-order valence-corrected chi connectivity index (χ3v) is 3.17. The van der Waals surface area contributed by atoms with Crippen molar-refractivity contribution < 1.29 is 13.2 Å². The number of nitrogens with zero attached hydrogens (tertiary/aromatic N) is 1. The van der Waals surface area contributed by atoms with Gasteiger partial charge in [-0.3, -0.25) is 0 Å². The largest absolute Gasteiger partial charge is 0.416 e. The predicted molar refractivity (Wildman–Crippen MR) is 75.7 cm³/mol. The van der Waals surface area contributed by atoms with E-state index in [2.05, 4.69) is 26.2 Å². The fourth-order valence-electron chi connectivity index (χ4n) is 1.59. The third kappa shape index (κ3) is 4.11. The second-order valence-corrected chi connectivity index (χ2v) is 5.35. The van der Waals surface area contributed by atoms with E-state index in [0.717, 1.165) is 22.2 Å². The van der Waals surface area contributed by atoms with E-state index in [1.54, 1.807) is 0 Å². The molecule has 1 N–H and O–H groups in total. The first kappa shape index (κ1) is 15.1. The molecule has 0 saturated heterocycles. The van der Waals surface area contributed by atoms with Crippen LogP contribution in [0.25, 0.3) is 0 Å². The van der Waals surface area contributed by atoms with E-state index in [4.69, 9.17) is 11.6 Å². The summed E-state index contributed by atoms with van der Waals surface area (Å²) >= 11 is 8.93. The van der Waals surface area contributed by atoms with Crippen molar-refractivity contribution in [2.45, 2.75) is 12.7 Å². The third-order valence-electron chi connectivity index (χ3n) is 2.48. The Morgan fingerprint density at radius 3 is 2.60 bits per heavy atom. The van der Waals surface area contributed by atoms with Crippen LogP contribution in [0.1, 0.15) is 11.1 Å². The number of anilines is 1. The Labute approximate surface area is 127 Å². The lowest BCUT2D eigenvalue weighted by atomic mass is 10.2. The smallest absolute Gasteiger partial charge is 0.366 e. The van der Waals surface area contributed by atoms with Crippen LogP contribution < -0.4 is 5.32 Å². The molecule has 2 rings (SSSR count). The zero-order chi connectivity index (χ0) is 14.8. The Balaban J connectivity index is 2.16. The van der Waals surface area contributed by atoms with E-state index >= 15 is 0 Å². The fraction of sp³-hybridized carbons (Fsp3) is 0.154. The van der Waals surface area contributed by atoms with Crippen molar-refractivity contribution in [2.75, 3.05) is 5.32 Å². The lowest BCUT2D eigenvalue weighted by Gasteiger charge is -2.11. The lowest BCUT2D eigenvalue weighted by Crippen LogP contribution is -2.08. The first-order valence-electron chi connectivity index (χ1n) is 5.58. The molecule has 1 aromatic carbocycles. The van der Waals surface area contributed by atoms with Crippen LogP contribution in [0.2, 0.25) is 5.15 Å². The number of halogens is 5. The van der Waals surface area contributed by atoms with Gasteiger partial charge in [-0.1, -0.05) is 39.7 Å². The van der Waals surface area contributed by atoms with Crippen molar-refractivity contribution >= 4 is 33.3 Å². The number of aromatic nitrogens is 1. The molecule has 106 valence electrons. The first-order chi connectivity index (χ1) is 9.34. The number of pyridine rings is 1. The summed E-state index contributed by atoms with van der Waals surface area (Å²) in [6.07, 6.45) is -4.45. The Morgan fingerprint density at radius 1 is 1.20 bits per heavy atom. The molecule has 0 saturated carbocycles. The van der Waals surface area contributed by atoms with Crippen molar-refractivity contribution in [1.82, 2.24) is 4.98 Å². The molecule has 0 atom stereocenters. The molecular weight excluding hydrogens is 357 g/mol. The molecule has 2 nitrogen and oxygen atoms in total. The lowest BCUT2D eigenvalue weighted by molar-refractivity contribution is -0.137. The first-order valence-corrected chi connectivity index (χ1v) is 6.75. The van der Waals surface area contributed by atoms with Crippen LogP contribution in [0.15, 0.2) is 40.9 Å². The van der Waals surface area contributed by atoms with Crippen molar-refractivity contribution in [3.8, 4) is 0 Å². The van der Waals surface area contributed by atoms with E-state index in [1.807, 2.05) is 24.3 Å². The van der Waals surface area contributed by atoms with Gasteiger partial charge < -0.3 is 5.32 Å². The van der Waals surface area contributed by atoms with E-state index in [9.17, 15) is 13.2 Å². The Bertz CT molecular complexity index is 617. The average molecular weight is 366 g/mol. The molecule has 1 aromatic heterocycles. The minimum atomic E-state index is -4.45. The van der Waals surface area contributed by atoms with Crippen LogP contribution in [-0.4, -0.2) is 4.98 Å². The number of nitrogens with one attached hydrogen (secondary N) is 1. The SMILES string of the molecule is FC(F)(F)c1cc(Cl)nc(NCc2cccc(Br)c2)c1. The van der Waals surface area contributed by atoms with Crippen LogP contribution in [0, 0.1) is 0 Å². The van der Waals surface area contributed by atoms with Gasteiger partial charge in [-0.15, -0.1) is 0 Å². The highest BCUT2D eigenvalue weighted by Gasteiger charge is 2.31. The van der Waals surface area contributed by atoms with Crippen LogP contribution >= 0.6 is 27.5 Å². The molecule has 7 heteroatoms. The topological polar surface area (TPSA) is 24.9 Å². The minimum Gasteiger partial charge on any atom is -0.366 e. The van der Waals surface area contributed by atoms with Gasteiger partial charge in [0.15, 0.2) is 0 Å². The summed E-state index contributed by atoms with van der Waals surface area (Å²) < 4.78 is 38.8. The fourth-order valence-corrected chi connectivity index (χ4v) is 2.25. The number of hydrogen-bond donors (Lipinski definition) is 1. The minimum absolute atomic E-state index is 0.0878. The average Bonchev–Trinajstić information content (AvgIpc) is 2.35. The summed E-state index contributed by atoms with van der Waals surface area (Å²) in [5.74, 6) is 0.0878. The van der Waals surface area contributed by atoms with Gasteiger partial charge in [-0.2, -0.15) is 13.2 Å². The normalized spacial score (nSPS) is 11.4. The molecule has 0 amide bonds. The summed E-state index contributed by atoms with van der Waals surface area (Å²) in [7, 11) is 0. The highest BCUT2D eigenvalue weighted by atomic mass is 79.9. The molecule has 0 aliphatic carbocycles. The van der Waals surface area contributed by atoms with Crippen LogP contribution in [-0.2, 0) is 12.7 Å². The maximum absolute atomic E-state index is 12.6. The van der Waals surface area contributed by atoms with E-state index in [-0.39, 0.29) is 11.0 Å². The molecule has 0 fully saturated rings. The van der Waals surface area contributed by atoms with Crippen LogP contribution in [0.5, 0.6) is 0 Å². The second kappa shape index (κ2) is 6.01. The van der Waals surface area contributed by atoms with Gasteiger partial charge in [0.25, 0.3) is 0 Å². The maximum Gasteiger partial charge on any atom is 0.416 e. The number of rotatable bonds is 3. The summed E-state index contributed by atoms with van der Waals surface area (Å²) in [5.41, 5.74) is 0.0870. The molecule has 2 aromatic rings. The monoisotopic (exact) mass is 364 g/mol. The summed E-state index contributed by atoms with van der Waals surface area (Å²) in [5, 5.41) is 2.63. The zero-order valence-electron chi connectivity index (χ0n) is 10.0.